The average Bonchev–Trinajstić information content (AvgIpc) is 3.32. The average molecular weight is 396 g/mol. The van der Waals surface area contributed by atoms with Crippen molar-refractivity contribution in [2.75, 3.05) is 19.6 Å². The van der Waals surface area contributed by atoms with Crippen LogP contribution in [0.2, 0.25) is 0 Å². The number of para-hydroxylation sites is 2. The van der Waals surface area contributed by atoms with Gasteiger partial charge < -0.3 is 5.32 Å². The van der Waals surface area contributed by atoms with Crippen LogP contribution in [0.5, 0.6) is 0 Å². The van der Waals surface area contributed by atoms with Crippen LogP contribution in [-0.4, -0.2) is 40.4 Å². The van der Waals surface area contributed by atoms with E-state index in [1.165, 1.54) is 18.4 Å². The van der Waals surface area contributed by atoms with Crippen LogP contribution in [0.15, 0.2) is 72.8 Å². The Labute approximate surface area is 175 Å². The summed E-state index contributed by atoms with van der Waals surface area (Å²) < 4.78 is 0. The largest absolute Gasteiger partial charge is 0.350 e. The third-order valence-electron chi connectivity index (χ3n) is 5.82. The van der Waals surface area contributed by atoms with Crippen molar-refractivity contribution >= 4 is 28.0 Å². The summed E-state index contributed by atoms with van der Waals surface area (Å²) in [5.74, 6) is -0.0769. The number of carbonyl (C=O) groups is 1. The van der Waals surface area contributed by atoms with Crippen molar-refractivity contribution in [3.8, 4) is 0 Å². The number of fused-ring (bicyclic) bond motifs is 2. The number of likely N-dealkylation sites (tertiary alicyclic amines) is 1. The van der Waals surface area contributed by atoms with Crippen LogP contribution in [0, 0.1) is 0 Å². The van der Waals surface area contributed by atoms with E-state index >= 15 is 0 Å². The van der Waals surface area contributed by atoms with Crippen LogP contribution in [-0.2, 0) is 0 Å². The minimum atomic E-state index is -0.0769. The van der Waals surface area contributed by atoms with Crippen molar-refractivity contribution < 1.29 is 4.79 Å². The predicted molar refractivity (Wildman–Crippen MR) is 119 cm³/mol. The second-order valence-electron chi connectivity index (χ2n) is 7.80. The fourth-order valence-corrected chi connectivity index (χ4v) is 4.24. The highest BCUT2D eigenvalue weighted by Gasteiger charge is 2.24. The van der Waals surface area contributed by atoms with Crippen molar-refractivity contribution in [1.29, 1.82) is 0 Å². The Morgan fingerprint density at radius 2 is 1.47 bits per heavy atom. The van der Waals surface area contributed by atoms with E-state index in [9.17, 15) is 4.79 Å². The predicted octanol–water partition coefficient (Wildman–Crippen LogP) is 4.35. The van der Waals surface area contributed by atoms with Gasteiger partial charge in [-0.1, -0.05) is 42.5 Å². The van der Waals surface area contributed by atoms with E-state index in [1.54, 1.807) is 0 Å². The maximum atomic E-state index is 12.9. The van der Waals surface area contributed by atoms with Crippen molar-refractivity contribution in [2.24, 2.45) is 0 Å². The van der Waals surface area contributed by atoms with Gasteiger partial charge in [0.2, 0.25) is 0 Å². The van der Waals surface area contributed by atoms with Gasteiger partial charge in [0, 0.05) is 12.1 Å². The van der Waals surface area contributed by atoms with Gasteiger partial charge in [-0.15, -0.1) is 0 Å². The van der Waals surface area contributed by atoms with Gasteiger partial charge in [0.05, 0.1) is 28.1 Å². The molecule has 1 fully saturated rings. The van der Waals surface area contributed by atoms with Gasteiger partial charge in [-0.3, -0.25) is 9.69 Å². The Hall–Kier alpha value is -3.31. The molecule has 0 aliphatic carbocycles. The molecule has 5 nitrogen and oxygen atoms in total. The first kappa shape index (κ1) is 18.7. The summed E-state index contributed by atoms with van der Waals surface area (Å²) in [5, 5.41) is 3.15. The van der Waals surface area contributed by atoms with E-state index < -0.39 is 0 Å². The Kier molecular flexibility index (Phi) is 5.11. The molecule has 2 heterocycles. The van der Waals surface area contributed by atoms with Gasteiger partial charge in [-0.25, -0.2) is 9.97 Å². The molecule has 1 N–H and O–H groups in total. The Bertz CT molecular complexity index is 1190. The summed E-state index contributed by atoms with van der Waals surface area (Å²) in [6.07, 6.45) is 2.43. The number of rotatable bonds is 5. The van der Waals surface area contributed by atoms with Crippen LogP contribution >= 0.6 is 0 Å². The molecule has 0 radical (unpaired) electrons. The second-order valence-corrected chi connectivity index (χ2v) is 7.80. The van der Waals surface area contributed by atoms with Gasteiger partial charge in [0.15, 0.2) is 0 Å². The molecule has 150 valence electrons. The molecule has 0 saturated carbocycles. The lowest BCUT2D eigenvalue weighted by Gasteiger charge is -2.28. The zero-order valence-corrected chi connectivity index (χ0v) is 16.8. The fraction of sp³-hybridized carbons (Fsp3) is 0.240. The summed E-state index contributed by atoms with van der Waals surface area (Å²) >= 11 is 0. The number of hydrogen-bond acceptors (Lipinski definition) is 4. The molecule has 1 amide bonds. The smallest absolute Gasteiger partial charge is 0.251 e. The molecule has 3 aromatic carbocycles. The van der Waals surface area contributed by atoms with E-state index in [1.807, 2.05) is 48.5 Å². The van der Waals surface area contributed by atoms with Gasteiger partial charge in [0.25, 0.3) is 5.91 Å². The molecule has 1 aliphatic heterocycles. The molecule has 5 heteroatoms. The van der Waals surface area contributed by atoms with E-state index in [0.29, 0.717) is 12.1 Å². The van der Waals surface area contributed by atoms with Crippen LogP contribution in [0.3, 0.4) is 0 Å². The Balaban J connectivity index is 1.37. The molecule has 1 aromatic heterocycles. The second kappa shape index (κ2) is 8.20. The fourth-order valence-electron chi connectivity index (χ4n) is 4.24. The number of carbonyl (C=O) groups excluding carboxylic acids is 1. The monoisotopic (exact) mass is 396 g/mol. The first-order valence-electron chi connectivity index (χ1n) is 10.5. The standard InChI is InChI=1S/C25H24N4O/c30-25(26-17-24(29-14-6-7-15-29)18-8-2-1-3-9-18)19-12-13-22-23(16-19)28-21-11-5-4-10-20(21)27-22/h1-5,8-13,16,24H,6-7,14-15,17H2,(H,26,30). The molecule has 1 atom stereocenters. The van der Waals surface area contributed by atoms with Crippen molar-refractivity contribution in [1.82, 2.24) is 20.2 Å². The first-order valence-corrected chi connectivity index (χ1v) is 10.5. The van der Waals surface area contributed by atoms with Crippen LogP contribution in [0.1, 0.15) is 34.8 Å². The molecular weight excluding hydrogens is 372 g/mol. The molecule has 1 saturated heterocycles. The minimum absolute atomic E-state index is 0.0769. The van der Waals surface area contributed by atoms with Gasteiger partial charge in [0.1, 0.15) is 0 Å². The number of aromatic nitrogens is 2. The number of nitrogens with zero attached hydrogens (tertiary/aromatic N) is 3. The maximum Gasteiger partial charge on any atom is 0.251 e. The lowest BCUT2D eigenvalue weighted by molar-refractivity contribution is 0.0938. The molecule has 1 aliphatic rings. The number of amides is 1. The zero-order chi connectivity index (χ0) is 20.3. The van der Waals surface area contributed by atoms with Crippen LogP contribution < -0.4 is 5.32 Å². The summed E-state index contributed by atoms with van der Waals surface area (Å²) in [7, 11) is 0. The highest BCUT2D eigenvalue weighted by atomic mass is 16.1. The SMILES string of the molecule is O=C(NCC(c1ccccc1)N1CCCC1)c1ccc2nc3ccccc3nc2c1. The number of hydrogen-bond donors (Lipinski definition) is 1. The summed E-state index contributed by atoms with van der Waals surface area (Å²) in [4.78, 5) is 24.7. The normalized spacial score (nSPS) is 15.5. The van der Waals surface area contributed by atoms with Gasteiger partial charge in [-0.05, 0) is 61.8 Å². The van der Waals surface area contributed by atoms with E-state index in [0.717, 1.165) is 35.2 Å². The number of benzene rings is 3. The molecule has 1 unspecified atom stereocenters. The van der Waals surface area contributed by atoms with Crippen molar-refractivity contribution in [3.05, 3.63) is 83.9 Å². The molecule has 0 spiro atoms. The Morgan fingerprint density at radius 3 is 2.20 bits per heavy atom. The third kappa shape index (κ3) is 3.76. The lowest BCUT2D eigenvalue weighted by atomic mass is 10.1. The Morgan fingerprint density at radius 1 is 0.833 bits per heavy atom. The van der Waals surface area contributed by atoms with E-state index in [4.69, 9.17) is 0 Å². The molecule has 5 rings (SSSR count). The number of nitrogens with one attached hydrogen (secondary N) is 1. The van der Waals surface area contributed by atoms with Crippen molar-refractivity contribution in [3.63, 3.8) is 0 Å². The summed E-state index contributed by atoms with van der Waals surface area (Å²) in [5.41, 5.74) is 5.08. The van der Waals surface area contributed by atoms with Crippen LogP contribution in [0.25, 0.3) is 22.1 Å². The van der Waals surface area contributed by atoms with E-state index in [-0.39, 0.29) is 11.9 Å². The van der Waals surface area contributed by atoms with Crippen LogP contribution in [0.4, 0.5) is 0 Å². The first-order chi connectivity index (χ1) is 14.8. The lowest BCUT2D eigenvalue weighted by Crippen LogP contribution is -2.36. The minimum Gasteiger partial charge on any atom is -0.350 e. The third-order valence-corrected chi connectivity index (χ3v) is 5.82. The molecule has 4 aromatic rings. The van der Waals surface area contributed by atoms with Crippen molar-refractivity contribution in [2.45, 2.75) is 18.9 Å². The quantitative estimate of drug-likeness (QED) is 0.510. The summed E-state index contributed by atoms with van der Waals surface area (Å²) in [6.45, 7) is 2.74. The molecule has 30 heavy (non-hydrogen) atoms. The summed E-state index contributed by atoms with van der Waals surface area (Å²) in [6, 6.07) is 24.0. The highest BCUT2D eigenvalue weighted by molar-refractivity contribution is 5.98. The molecule has 0 bridgehead atoms. The van der Waals surface area contributed by atoms with Gasteiger partial charge in [-0.2, -0.15) is 0 Å². The topological polar surface area (TPSA) is 58.1 Å². The zero-order valence-electron chi connectivity index (χ0n) is 16.8. The highest BCUT2D eigenvalue weighted by Crippen LogP contribution is 2.24. The molecular formula is C25H24N4O. The van der Waals surface area contributed by atoms with Gasteiger partial charge >= 0.3 is 0 Å². The maximum absolute atomic E-state index is 12.9. The van der Waals surface area contributed by atoms with E-state index in [2.05, 4.69) is 44.5 Å².